The number of nitrogens with one attached hydrogen (secondary N) is 1. The zero-order valence-corrected chi connectivity index (χ0v) is 14.7. The summed E-state index contributed by atoms with van der Waals surface area (Å²) in [6.07, 6.45) is 2.00. The predicted molar refractivity (Wildman–Crippen MR) is 90.4 cm³/mol. The second-order valence-corrected chi connectivity index (χ2v) is 7.93. The van der Waals surface area contributed by atoms with E-state index in [4.69, 9.17) is 16.3 Å². The Morgan fingerprint density at radius 2 is 2.00 bits per heavy atom. The minimum absolute atomic E-state index is 0.153. The molecule has 0 spiro atoms. The van der Waals surface area contributed by atoms with E-state index >= 15 is 0 Å². The molecule has 1 aromatic carbocycles. The Morgan fingerprint density at radius 3 is 2.62 bits per heavy atom. The van der Waals surface area contributed by atoms with Gasteiger partial charge in [0.25, 0.3) is 0 Å². The molecule has 0 aliphatic carbocycles. The van der Waals surface area contributed by atoms with Crippen LogP contribution in [-0.2, 0) is 12.8 Å². The van der Waals surface area contributed by atoms with Gasteiger partial charge in [-0.1, -0.05) is 25.4 Å². The number of benzene rings is 1. The minimum Gasteiger partial charge on any atom is -0.493 e. The quantitative estimate of drug-likeness (QED) is 0.866. The highest BCUT2D eigenvalue weighted by Gasteiger charge is 2.23. The van der Waals surface area contributed by atoms with Crippen LogP contribution >= 0.6 is 11.6 Å². The summed E-state index contributed by atoms with van der Waals surface area (Å²) in [4.78, 5) is 0. The molecule has 2 nitrogen and oxygen atoms in total. The highest BCUT2D eigenvalue weighted by atomic mass is 35.5. The Labute approximate surface area is 134 Å². The first-order valence-electron chi connectivity index (χ1n) is 7.95. The molecule has 0 amide bonds. The van der Waals surface area contributed by atoms with Crippen LogP contribution in [0.4, 0.5) is 0 Å². The van der Waals surface area contributed by atoms with E-state index in [9.17, 15) is 0 Å². The second kappa shape index (κ2) is 6.58. The predicted octanol–water partition coefficient (Wildman–Crippen LogP) is 4.48. The summed E-state index contributed by atoms with van der Waals surface area (Å²) in [5.74, 6) is 2.28. The third-order valence-corrected chi connectivity index (χ3v) is 4.36. The van der Waals surface area contributed by atoms with E-state index in [2.05, 4.69) is 46.0 Å². The van der Waals surface area contributed by atoms with Gasteiger partial charge < -0.3 is 10.1 Å². The highest BCUT2D eigenvalue weighted by molar-refractivity contribution is 6.30. The van der Waals surface area contributed by atoms with Crippen molar-refractivity contribution in [3.8, 4) is 5.75 Å². The summed E-state index contributed by atoms with van der Waals surface area (Å²) in [6.45, 7) is 13.0. The number of hydrogen-bond acceptors (Lipinski definition) is 2. The summed E-state index contributed by atoms with van der Waals surface area (Å²) in [5, 5.41) is 4.47. The Morgan fingerprint density at radius 1 is 1.29 bits per heavy atom. The van der Waals surface area contributed by atoms with E-state index in [1.165, 1.54) is 11.1 Å². The van der Waals surface area contributed by atoms with Crippen molar-refractivity contribution in [3.05, 3.63) is 28.3 Å². The molecule has 118 valence electrons. The van der Waals surface area contributed by atoms with Crippen molar-refractivity contribution >= 4 is 11.6 Å². The van der Waals surface area contributed by atoms with E-state index in [1.807, 2.05) is 6.07 Å². The fourth-order valence-electron chi connectivity index (χ4n) is 2.76. The first kappa shape index (κ1) is 16.6. The average molecular weight is 310 g/mol. The standard InChI is InChI=1S/C18H28ClNO/c1-12(2)15(11-20-18(3,4)5)8-14-10-16(19)9-13-6-7-21-17(13)14/h9-10,12,15,20H,6-8,11H2,1-5H3. The number of ether oxygens (including phenoxy) is 1. The first-order chi connectivity index (χ1) is 9.76. The van der Waals surface area contributed by atoms with Gasteiger partial charge in [0.2, 0.25) is 0 Å². The van der Waals surface area contributed by atoms with Crippen molar-refractivity contribution in [3.63, 3.8) is 0 Å². The SMILES string of the molecule is CC(C)C(CNC(C)(C)C)Cc1cc(Cl)cc2c1OCC2. The normalized spacial score (nSPS) is 16.0. The lowest BCUT2D eigenvalue weighted by atomic mass is 9.87. The summed E-state index contributed by atoms with van der Waals surface area (Å²) in [5.41, 5.74) is 2.69. The van der Waals surface area contributed by atoms with Gasteiger partial charge >= 0.3 is 0 Å². The van der Waals surface area contributed by atoms with E-state index in [1.54, 1.807) is 0 Å². The lowest BCUT2D eigenvalue weighted by Gasteiger charge is -2.28. The maximum absolute atomic E-state index is 6.27. The number of fused-ring (bicyclic) bond motifs is 1. The molecular formula is C18H28ClNO. The maximum Gasteiger partial charge on any atom is 0.125 e. The van der Waals surface area contributed by atoms with Crippen molar-refractivity contribution in [2.75, 3.05) is 13.2 Å². The molecule has 1 aromatic rings. The van der Waals surface area contributed by atoms with Gasteiger partial charge in [0.05, 0.1) is 6.61 Å². The molecule has 0 fully saturated rings. The molecule has 1 atom stereocenters. The number of rotatable bonds is 5. The Balaban J connectivity index is 2.14. The molecule has 0 saturated heterocycles. The zero-order valence-electron chi connectivity index (χ0n) is 13.9. The summed E-state index contributed by atoms with van der Waals surface area (Å²) < 4.78 is 5.83. The van der Waals surface area contributed by atoms with Crippen LogP contribution in [0, 0.1) is 11.8 Å². The molecule has 1 aliphatic rings. The smallest absolute Gasteiger partial charge is 0.125 e. The molecule has 0 saturated carbocycles. The molecule has 2 rings (SSSR count). The van der Waals surface area contributed by atoms with Gasteiger partial charge in [0, 0.05) is 17.0 Å². The van der Waals surface area contributed by atoms with Crippen molar-refractivity contribution in [1.82, 2.24) is 5.32 Å². The van der Waals surface area contributed by atoms with Crippen LogP contribution in [0.2, 0.25) is 5.02 Å². The molecule has 3 heteroatoms. The summed E-state index contributed by atoms with van der Waals surface area (Å²) in [6, 6.07) is 4.13. The van der Waals surface area contributed by atoms with Crippen LogP contribution in [0.3, 0.4) is 0 Å². The van der Waals surface area contributed by atoms with Crippen molar-refractivity contribution in [2.45, 2.75) is 53.0 Å². The minimum atomic E-state index is 0.153. The lowest BCUT2D eigenvalue weighted by Crippen LogP contribution is -2.40. The van der Waals surface area contributed by atoms with Gasteiger partial charge in [0.1, 0.15) is 5.75 Å². The van der Waals surface area contributed by atoms with Gasteiger partial charge in [-0.3, -0.25) is 0 Å². The third-order valence-electron chi connectivity index (χ3n) is 4.14. The van der Waals surface area contributed by atoms with Crippen LogP contribution in [0.15, 0.2) is 12.1 Å². The molecule has 1 heterocycles. The average Bonchev–Trinajstić information content (AvgIpc) is 2.80. The van der Waals surface area contributed by atoms with Gasteiger partial charge in [-0.05, 0) is 68.8 Å². The van der Waals surface area contributed by atoms with E-state index in [0.717, 1.165) is 36.8 Å². The molecule has 1 aliphatic heterocycles. The Kier molecular flexibility index (Phi) is 5.21. The Hall–Kier alpha value is -0.730. The van der Waals surface area contributed by atoms with E-state index in [-0.39, 0.29) is 5.54 Å². The largest absolute Gasteiger partial charge is 0.493 e. The molecular weight excluding hydrogens is 282 g/mol. The van der Waals surface area contributed by atoms with Gasteiger partial charge in [-0.25, -0.2) is 0 Å². The van der Waals surface area contributed by atoms with Crippen LogP contribution < -0.4 is 10.1 Å². The van der Waals surface area contributed by atoms with E-state index in [0.29, 0.717) is 11.8 Å². The van der Waals surface area contributed by atoms with Crippen LogP contribution in [-0.4, -0.2) is 18.7 Å². The lowest BCUT2D eigenvalue weighted by molar-refractivity contribution is 0.306. The molecule has 1 unspecified atom stereocenters. The van der Waals surface area contributed by atoms with Crippen LogP contribution in [0.25, 0.3) is 0 Å². The monoisotopic (exact) mass is 309 g/mol. The molecule has 0 radical (unpaired) electrons. The Bertz CT molecular complexity index is 491. The number of hydrogen-bond donors (Lipinski definition) is 1. The van der Waals surface area contributed by atoms with Gasteiger partial charge in [0.15, 0.2) is 0 Å². The molecule has 1 N–H and O–H groups in total. The first-order valence-corrected chi connectivity index (χ1v) is 8.33. The number of halogens is 1. The summed E-state index contributed by atoms with van der Waals surface area (Å²) >= 11 is 6.27. The second-order valence-electron chi connectivity index (χ2n) is 7.49. The van der Waals surface area contributed by atoms with Crippen molar-refractivity contribution < 1.29 is 4.74 Å². The van der Waals surface area contributed by atoms with Crippen LogP contribution in [0.5, 0.6) is 5.75 Å². The summed E-state index contributed by atoms with van der Waals surface area (Å²) in [7, 11) is 0. The topological polar surface area (TPSA) is 21.3 Å². The zero-order chi connectivity index (χ0) is 15.6. The maximum atomic E-state index is 6.27. The molecule has 0 aromatic heterocycles. The van der Waals surface area contributed by atoms with Gasteiger partial charge in [-0.15, -0.1) is 0 Å². The van der Waals surface area contributed by atoms with Crippen LogP contribution in [0.1, 0.15) is 45.7 Å². The highest BCUT2D eigenvalue weighted by Crippen LogP contribution is 2.35. The van der Waals surface area contributed by atoms with E-state index < -0.39 is 0 Å². The fourth-order valence-corrected chi connectivity index (χ4v) is 3.02. The fraction of sp³-hybridized carbons (Fsp3) is 0.667. The van der Waals surface area contributed by atoms with Gasteiger partial charge in [-0.2, -0.15) is 0 Å². The molecule has 21 heavy (non-hydrogen) atoms. The molecule has 0 bridgehead atoms. The third kappa shape index (κ3) is 4.62. The van der Waals surface area contributed by atoms with Crippen molar-refractivity contribution in [1.29, 1.82) is 0 Å². The van der Waals surface area contributed by atoms with Crippen molar-refractivity contribution in [2.24, 2.45) is 11.8 Å².